The van der Waals surface area contributed by atoms with Crippen molar-refractivity contribution in [1.29, 1.82) is 0 Å². The third kappa shape index (κ3) is 4.35. The van der Waals surface area contributed by atoms with Crippen LogP contribution < -0.4 is 10.4 Å². The highest BCUT2D eigenvalue weighted by molar-refractivity contribution is 5.81. The van der Waals surface area contributed by atoms with Gasteiger partial charge in [-0.1, -0.05) is 5.16 Å². The average molecular weight is 410 g/mol. The monoisotopic (exact) mass is 410 g/mol. The van der Waals surface area contributed by atoms with E-state index in [0.29, 0.717) is 16.9 Å². The fourth-order valence-electron chi connectivity index (χ4n) is 2.75. The summed E-state index contributed by atoms with van der Waals surface area (Å²) in [6.07, 6.45) is 0. The molecule has 2 heterocycles. The summed E-state index contributed by atoms with van der Waals surface area (Å²) in [4.78, 5) is 27.5. The molecule has 0 aliphatic rings. The maximum absolute atomic E-state index is 13.0. The van der Waals surface area contributed by atoms with Gasteiger partial charge in [-0.15, -0.1) is 0 Å². The van der Waals surface area contributed by atoms with Gasteiger partial charge in [-0.3, -0.25) is 0 Å². The highest BCUT2D eigenvalue weighted by Gasteiger charge is 2.12. The average Bonchev–Trinajstić information content (AvgIpc) is 3.20. The van der Waals surface area contributed by atoms with Crippen LogP contribution in [-0.2, 0) is 16.1 Å². The van der Waals surface area contributed by atoms with Gasteiger partial charge in [-0.2, -0.15) is 4.98 Å². The molecule has 0 amide bonds. The quantitative estimate of drug-likeness (QED) is 0.352. The van der Waals surface area contributed by atoms with Gasteiger partial charge in [0.1, 0.15) is 17.1 Å². The van der Waals surface area contributed by atoms with Gasteiger partial charge in [0.2, 0.25) is 5.82 Å². The number of hydrogen-bond donors (Lipinski definition) is 0. The maximum Gasteiger partial charge on any atom is 0.344 e. The number of hydrogen-bond acceptors (Lipinski definition) is 8. The summed E-state index contributed by atoms with van der Waals surface area (Å²) in [5.74, 6) is -0.331. The molecule has 0 bridgehead atoms. The Labute approximate surface area is 168 Å². The van der Waals surface area contributed by atoms with Crippen LogP contribution in [0.15, 0.2) is 62.3 Å². The molecule has 4 rings (SSSR count). The molecular weight excluding hydrogens is 395 g/mol. The molecule has 0 atom stereocenters. The summed E-state index contributed by atoms with van der Waals surface area (Å²) < 4.78 is 33.6. The van der Waals surface area contributed by atoms with E-state index in [-0.39, 0.29) is 30.7 Å². The Kier molecular flexibility index (Phi) is 5.25. The van der Waals surface area contributed by atoms with Crippen LogP contribution in [0.3, 0.4) is 0 Å². The van der Waals surface area contributed by atoms with Crippen LogP contribution in [-0.4, -0.2) is 22.7 Å². The lowest BCUT2D eigenvalue weighted by atomic mass is 10.1. The van der Waals surface area contributed by atoms with Crippen LogP contribution in [0.4, 0.5) is 4.39 Å². The zero-order valence-electron chi connectivity index (χ0n) is 15.8. The molecule has 0 radical (unpaired) electrons. The summed E-state index contributed by atoms with van der Waals surface area (Å²) >= 11 is 0. The van der Waals surface area contributed by atoms with Crippen molar-refractivity contribution >= 4 is 16.9 Å². The second kappa shape index (κ2) is 8.16. The first kappa shape index (κ1) is 19.3. The van der Waals surface area contributed by atoms with Crippen molar-refractivity contribution in [1.82, 2.24) is 10.1 Å². The van der Waals surface area contributed by atoms with Crippen molar-refractivity contribution in [3.8, 4) is 17.1 Å². The molecule has 0 N–H and O–H groups in total. The van der Waals surface area contributed by atoms with Crippen molar-refractivity contribution < 1.29 is 27.6 Å². The second-order valence-electron chi connectivity index (χ2n) is 6.37. The van der Waals surface area contributed by atoms with E-state index in [1.807, 2.05) is 0 Å². The number of benzene rings is 2. The molecule has 8 nitrogen and oxygen atoms in total. The Hall–Kier alpha value is -4.01. The highest BCUT2D eigenvalue weighted by atomic mass is 19.1. The number of aromatic nitrogens is 2. The molecule has 0 aliphatic heterocycles. The van der Waals surface area contributed by atoms with E-state index in [0.717, 1.165) is 10.9 Å². The van der Waals surface area contributed by atoms with Crippen molar-refractivity contribution in [2.45, 2.75) is 13.5 Å². The minimum atomic E-state index is -0.651. The molecule has 0 aliphatic carbocycles. The molecule has 0 fully saturated rings. The van der Waals surface area contributed by atoms with Crippen LogP contribution in [0.2, 0.25) is 0 Å². The lowest BCUT2D eigenvalue weighted by Crippen LogP contribution is -2.14. The minimum absolute atomic E-state index is 0.0885. The molecule has 0 saturated heterocycles. The second-order valence-corrected chi connectivity index (χ2v) is 6.37. The van der Waals surface area contributed by atoms with Crippen LogP contribution in [0, 0.1) is 12.7 Å². The summed E-state index contributed by atoms with van der Waals surface area (Å²) in [6, 6.07) is 11.9. The number of esters is 1. The number of carbonyl (C=O) groups is 1. The molecule has 4 aromatic rings. The summed E-state index contributed by atoms with van der Waals surface area (Å²) in [7, 11) is 0. The first-order chi connectivity index (χ1) is 14.5. The molecule has 0 saturated carbocycles. The zero-order chi connectivity index (χ0) is 21.1. The van der Waals surface area contributed by atoms with Crippen LogP contribution in [0.25, 0.3) is 22.4 Å². The molecule has 30 heavy (non-hydrogen) atoms. The Morgan fingerprint density at radius 2 is 1.93 bits per heavy atom. The summed E-state index contributed by atoms with van der Waals surface area (Å²) in [6.45, 7) is 1.21. The fraction of sp³-hybridized carbons (Fsp3) is 0.143. The smallest absolute Gasteiger partial charge is 0.344 e. The Bertz CT molecular complexity index is 1260. The van der Waals surface area contributed by atoms with Crippen LogP contribution >= 0.6 is 0 Å². The number of aryl methyl sites for hydroxylation is 1. The molecule has 0 unspecified atom stereocenters. The summed E-state index contributed by atoms with van der Waals surface area (Å²) in [5.41, 5.74) is 1.26. The van der Waals surface area contributed by atoms with E-state index in [2.05, 4.69) is 10.1 Å². The standard InChI is InChI=1S/C21H15FN2O6/c1-12-8-19(25)29-17-9-15(6-7-16(12)17)27-11-20(26)28-10-18-23-21(24-30-18)13-2-4-14(22)5-3-13/h2-9H,10-11H2,1H3. The van der Waals surface area contributed by atoms with Gasteiger partial charge < -0.3 is 18.4 Å². The van der Waals surface area contributed by atoms with Gasteiger partial charge in [-0.25, -0.2) is 14.0 Å². The third-order valence-electron chi connectivity index (χ3n) is 4.21. The van der Waals surface area contributed by atoms with Crippen molar-refractivity contribution in [3.63, 3.8) is 0 Å². The largest absolute Gasteiger partial charge is 0.482 e. The first-order valence-electron chi connectivity index (χ1n) is 8.89. The van der Waals surface area contributed by atoms with Gasteiger partial charge in [0, 0.05) is 23.1 Å². The Balaban J connectivity index is 1.33. The van der Waals surface area contributed by atoms with E-state index >= 15 is 0 Å². The zero-order valence-corrected chi connectivity index (χ0v) is 15.8. The lowest BCUT2D eigenvalue weighted by Gasteiger charge is -2.07. The Morgan fingerprint density at radius 3 is 2.73 bits per heavy atom. The third-order valence-corrected chi connectivity index (χ3v) is 4.21. The maximum atomic E-state index is 13.0. The number of ether oxygens (including phenoxy) is 2. The summed E-state index contributed by atoms with van der Waals surface area (Å²) in [5, 5.41) is 4.54. The molecule has 0 spiro atoms. The predicted molar refractivity (Wildman–Crippen MR) is 102 cm³/mol. The van der Waals surface area contributed by atoms with Crippen molar-refractivity contribution in [2.75, 3.05) is 6.61 Å². The molecular formula is C21H15FN2O6. The van der Waals surface area contributed by atoms with E-state index in [4.69, 9.17) is 18.4 Å². The van der Waals surface area contributed by atoms with Crippen molar-refractivity contribution in [2.24, 2.45) is 0 Å². The van der Waals surface area contributed by atoms with E-state index in [9.17, 15) is 14.0 Å². The van der Waals surface area contributed by atoms with E-state index < -0.39 is 11.6 Å². The number of halogens is 1. The number of carbonyl (C=O) groups excluding carboxylic acids is 1. The van der Waals surface area contributed by atoms with Gasteiger partial charge in [0.25, 0.3) is 5.89 Å². The fourth-order valence-corrected chi connectivity index (χ4v) is 2.75. The van der Waals surface area contributed by atoms with Crippen molar-refractivity contribution in [3.05, 3.63) is 76.2 Å². The number of nitrogens with zero attached hydrogens (tertiary/aromatic N) is 2. The van der Waals surface area contributed by atoms with Gasteiger partial charge >= 0.3 is 11.6 Å². The van der Waals surface area contributed by atoms with Crippen LogP contribution in [0.1, 0.15) is 11.5 Å². The molecule has 152 valence electrons. The Morgan fingerprint density at radius 1 is 1.13 bits per heavy atom. The van der Waals surface area contributed by atoms with Gasteiger partial charge in [0.05, 0.1) is 0 Å². The lowest BCUT2D eigenvalue weighted by molar-refractivity contribution is -0.148. The van der Waals surface area contributed by atoms with E-state index in [1.54, 1.807) is 19.1 Å². The molecule has 2 aromatic carbocycles. The minimum Gasteiger partial charge on any atom is -0.482 e. The molecule has 9 heteroatoms. The first-order valence-corrected chi connectivity index (χ1v) is 8.89. The highest BCUT2D eigenvalue weighted by Crippen LogP contribution is 2.22. The van der Waals surface area contributed by atoms with Gasteiger partial charge in [0.15, 0.2) is 13.2 Å². The van der Waals surface area contributed by atoms with Crippen LogP contribution in [0.5, 0.6) is 5.75 Å². The van der Waals surface area contributed by atoms with Gasteiger partial charge in [-0.05, 0) is 48.9 Å². The SMILES string of the molecule is Cc1cc(=O)oc2cc(OCC(=O)OCc3nc(-c4ccc(F)cc4)no3)ccc12. The van der Waals surface area contributed by atoms with E-state index in [1.165, 1.54) is 36.4 Å². The predicted octanol–water partition coefficient (Wildman–Crippen LogP) is 3.41. The molecule has 2 aromatic heterocycles. The number of fused-ring (bicyclic) bond motifs is 1. The number of rotatable bonds is 6. The topological polar surface area (TPSA) is 105 Å². The normalized spacial score (nSPS) is 10.9.